The molecule has 0 radical (unpaired) electrons. The van der Waals surface area contributed by atoms with E-state index in [4.69, 9.17) is 51.1 Å². The predicted octanol–water partition coefficient (Wildman–Crippen LogP) is 8.04. The molecule has 0 atom stereocenters. The second-order valence-electron chi connectivity index (χ2n) is 7.27. The van der Waals surface area contributed by atoms with E-state index in [1.54, 1.807) is 24.3 Å². The minimum Gasteiger partial charge on any atom is -0.488 e. The van der Waals surface area contributed by atoms with Gasteiger partial charge in [0.05, 0.1) is 20.1 Å². The number of hydrogen-bond acceptors (Lipinski definition) is 3. The molecule has 0 aliphatic rings. The topological polar surface area (TPSA) is 62.1 Å². The molecular formula is C25H18Cl4N2O2. The molecule has 168 valence electrons. The predicted molar refractivity (Wildman–Crippen MR) is 135 cm³/mol. The molecule has 4 nitrogen and oxygen atoms in total. The van der Waals surface area contributed by atoms with Gasteiger partial charge >= 0.3 is 0 Å². The third-order valence-electron chi connectivity index (χ3n) is 4.70. The average molecular weight is 520 g/mol. The van der Waals surface area contributed by atoms with Crippen molar-refractivity contribution in [3.05, 3.63) is 96.4 Å². The summed E-state index contributed by atoms with van der Waals surface area (Å²) < 4.78 is 5.99. The summed E-state index contributed by atoms with van der Waals surface area (Å²) in [6.07, 6.45) is 1.52. The van der Waals surface area contributed by atoms with Gasteiger partial charge in [0.25, 0.3) is 5.91 Å². The fourth-order valence-electron chi connectivity index (χ4n) is 3.17. The fourth-order valence-corrected chi connectivity index (χ4v) is 3.79. The lowest BCUT2D eigenvalue weighted by Gasteiger charge is -2.14. The normalized spacial score (nSPS) is 11.1. The van der Waals surface area contributed by atoms with Crippen LogP contribution in [0.5, 0.6) is 5.75 Å². The number of nitriles is 1. The van der Waals surface area contributed by atoms with Crippen molar-refractivity contribution < 1.29 is 9.53 Å². The molecule has 3 rings (SSSR count). The van der Waals surface area contributed by atoms with E-state index >= 15 is 0 Å². The minimum atomic E-state index is -0.550. The van der Waals surface area contributed by atoms with Crippen LogP contribution in [-0.4, -0.2) is 5.91 Å². The molecule has 0 aromatic heterocycles. The maximum absolute atomic E-state index is 12.6. The molecular weight excluding hydrogens is 502 g/mol. The molecule has 0 unspecified atom stereocenters. The Balaban J connectivity index is 1.77. The van der Waals surface area contributed by atoms with Crippen LogP contribution in [0.4, 0.5) is 5.69 Å². The van der Waals surface area contributed by atoms with Gasteiger partial charge in [-0.2, -0.15) is 5.26 Å². The highest BCUT2D eigenvalue weighted by Crippen LogP contribution is 2.29. The van der Waals surface area contributed by atoms with E-state index in [1.807, 2.05) is 38.1 Å². The lowest BCUT2D eigenvalue weighted by Crippen LogP contribution is -2.13. The van der Waals surface area contributed by atoms with Crippen LogP contribution in [0.3, 0.4) is 0 Å². The van der Waals surface area contributed by atoms with E-state index in [0.29, 0.717) is 37.9 Å². The number of benzene rings is 3. The fraction of sp³-hybridized carbons (Fsp3) is 0.120. The summed E-state index contributed by atoms with van der Waals surface area (Å²) in [6, 6.07) is 15.7. The molecule has 1 amide bonds. The van der Waals surface area contributed by atoms with E-state index in [0.717, 1.165) is 22.4 Å². The third kappa shape index (κ3) is 6.43. The molecule has 0 spiro atoms. The highest BCUT2D eigenvalue weighted by molar-refractivity contribution is 6.42. The maximum atomic E-state index is 12.6. The quantitative estimate of drug-likeness (QED) is 0.264. The zero-order valence-electron chi connectivity index (χ0n) is 17.7. The molecule has 0 saturated carbocycles. The van der Waals surface area contributed by atoms with Gasteiger partial charge in [0.2, 0.25) is 0 Å². The molecule has 3 aromatic rings. The molecule has 0 aliphatic heterocycles. The monoisotopic (exact) mass is 518 g/mol. The van der Waals surface area contributed by atoms with Crippen molar-refractivity contribution in [1.29, 1.82) is 5.26 Å². The lowest BCUT2D eigenvalue weighted by molar-refractivity contribution is -0.112. The van der Waals surface area contributed by atoms with E-state index in [1.165, 1.54) is 12.1 Å². The number of rotatable bonds is 6. The number of amides is 1. The molecule has 0 aliphatic carbocycles. The van der Waals surface area contributed by atoms with Gasteiger partial charge < -0.3 is 10.1 Å². The van der Waals surface area contributed by atoms with Crippen LogP contribution in [0.1, 0.15) is 22.3 Å². The molecule has 1 N–H and O–H groups in total. The van der Waals surface area contributed by atoms with Crippen molar-refractivity contribution in [2.75, 3.05) is 5.32 Å². The Bertz CT molecular complexity index is 1270. The highest BCUT2D eigenvalue weighted by atomic mass is 35.5. The van der Waals surface area contributed by atoms with Gasteiger partial charge in [-0.15, -0.1) is 0 Å². The van der Waals surface area contributed by atoms with Crippen LogP contribution < -0.4 is 10.1 Å². The molecule has 33 heavy (non-hydrogen) atoms. The van der Waals surface area contributed by atoms with Gasteiger partial charge in [-0.25, -0.2) is 0 Å². The van der Waals surface area contributed by atoms with Crippen LogP contribution in [0.2, 0.25) is 20.1 Å². The second kappa shape index (κ2) is 11.0. The zero-order valence-corrected chi connectivity index (χ0v) is 20.7. The van der Waals surface area contributed by atoms with E-state index in [2.05, 4.69) is 5.32 Å². The van der Waals surface area contributed by atoms with Gasteiger partial charge in [-0.1, -0.05) is 52.5 Å². The standard InChI is InChI=1S/C25H18Cl4N2O2/c1-14-7-17(8-15(2)24(14)33-13-16-3-5-20(26)22(28)10-16)9-18(12-30)25(32)31-19-4-6-21(27)23(29)11-19/h3-11H,13H2,1-2H3,(H,31,32)/b18-9+. The van der Waals surface area contributed by atoms with Gasteiger partial charge in [0, 0.05) is 5.69 Å². The maximum Gasteiger partial charge on any atom is 0.266 e. The summed E-state index contributed by atoms with van der Waals surface area (Å²) in [5.74, 6) is 0.170. The number of nitrogens with one attached hydrogen (secondary N) is 1. The molecule has 8 heteroatoms. The molecule has 3 aromatic carbocycles. The number of ether oxygens (including phenoxy) is 1. The Hall–Kier alpha value is -2.68. The number of carbonyl (C=O) groups excluding carboxylic acids is 1. The Morgan fingerprint density at radius 2 is 1.55 bits per heavy atom. The van der Waals surface area contributed by atoms with Crippen molar-refractivity contribution in [3.63, 3.8) is 0 Å². The molecule has 0 bridgehead atoms. The SMILES string of the molecule is Cc1cc(/C=C(\C#N)C(=O)Nc2ccc(Cl)c(Cl)c2)cc(C)c1OCc1ccc(Cl)c(Cl)c1. The van der Waals surface area contributed by atoms with E-state index in [9.17, 15) is 10.1 Å². The summed E-state index contributed by atoms with van der Waals surface area (Å²) >= 11 is 23.9. The van der Waals surface area contributed by atoms with Gasteiger partial charge in [-0.3, -0.25) is 4.79 Å². The van der Waals surface area contributed by atoms with Crippen LogP contribution in [0.15, 0.2) is 54.1 Å². The summed E-state index contributed by atoms with van der Waals surface area (Å²) in [5, 5.41) is 13.8. The summed E-state index contributed by atoms with van der Waals surface area (Å²) in [6.45, 7) is 4.12. The Labute approximate surface area is 212 Å². The average Bonchev–Trinajstić information content (AvgIpc) is 2.76. The Morgan fingerprint density at radius 3 is 2.12 bits per heavy atom. The van der Waals surface area contributed by atoms with Crippen molar-refractivity contribution in [2.45, 2.75) is 20.5 Å². The summed E-state index contributed by atoms with van der Waals surface area (Å²) in [7, 11) is 0. The van der Waals surface area contributed by atoms with Crippen molar-refractivity contribution in [3.8, 4) is 11.8 Å². The number of anilines is 1. The van der Waals surface area contributed by atoms with Crippen LogP contribution in [-0.2, 0) is 11.4 Å². The van der Waals surface area contributed by atoms with Crippen molar-refractivity contribution in [2.24, 2.45) is 0 Å². The first-order valence-electron chi connectivity index (χ1n) is 9.74. The van der Waals surface area contributed by atoms with Gasteiger partial charge in [0.1, 0.15) is 24.0 Å². The first-order valence-corrected chi connectivity index (χ1v) is 11.2. The second-order valence-corrected chi connectivity index (χ2v) is 8.90. The minimum absolute atomic E-state index is 0.0515. The largest absolute Gasteiger partial charge is 0.488 e. The molecule has 0 saturated heterocycles. The lowest BCUT2D eigenvalue weighted by atomic mass is 10.0. The first-order chi connectivity index (χ1) is 15.7. The van der Waals surface area contributed by atoms with Crippen molar-refractivity contribution >= 4 is 64.1 Å². The highest BCUT2D eigenvalue weighted by Gasteiger charge is 2.13. The Kier molecular flexibility index (Phi) is 8.29. The third-order valence-corrected chi connectivity index (χ3v) is 6.18. The number of aryl methyl sites for hydroxylation is 2. The summed E-state index contributed by atoms with van der Waals surface area (Å²) in [4.78, 5) is 12.6. The summed E-state index contributed by atoms with van der Waals surface area (Å²) in [5.41, 5.74) is 3.70. The smallest absolute Gasteiger partial charge is 0.266 e. The Morgan fingerprint density at radius 1 is 0.939 bits per heavy atom. The number of halogens is 4. The van der Waals surface area contributed by atoms with E-state index in [-0.39, 0.29) is 5.57 Å². The number of hydrogen-bond donors (Lipinski definition) is 1. The first kappa shape index (κ1) is 25.0. The van der Waals surface area contributed by atoms with Crippen LogP contribution in [0, 0.1) is 25.2 Å². The van der Waals surface area contributed by atoms with E-state index < -0.39 is 5.91 Å². The number of carbonyl (C=O) groups is 1. The number of nitrogens with zero attached hydrogens (tertiary/aromatic N) is 1. The van der Waals surface area contributed by atoms with Gasteiger partial charge in [0.15, 0.2) is 0 Å². The van der Waals surface area contributed by atoms with Gasteiger partial charge in [-0.05, 0) is 84.6 Å². The zero-order chi connectivity index (χ0) is 24.1. The van der Waals surface area contributed by atoms with Crippen LogP contribution >= 0.6 is 46.4 Å². The molecule has 0 fully saturated rings. The molecule has 0 heterocycles. The van der Waals surface area contributed by atoms with Crippen molar-refractivity contribution in [1.82, 2.24) is 0 Å². The van der Waals surface area contributed by atoms with Crippen LogP contribution in [0.25, 0.3) is 6.08 Å².